The maximum absolute atomic E-state index is 5.90. The van der Waals surface area contributed by atoms with Gasteiger partial charge in [-0.15, -0.1) is 67.9 Å². The van der Waals surface area contributed by atoms with E-state index in [1.807, 2.05) is 60.7 Å². The fourth-order valence-electron chi connectivity index (χ4n) is 3.51. The van der Waals surface area contributed by atoms with Gasteiger partial charge in [0.05, 0.1) is 0 Å². The van der Waals surface area contributed by atoms with Crippen LogP contribution in [0.5, 0.6) is 0 Å². The van der Waals surface area contributed by atoms with E-state index in [1.54, 1.807) is 0 Å². The minimum atomic E-state index is 0. The van der Waals surface area contributed by atoms with Gasteiger partial charge in [-0.25, -0.2) is 0 Å². The molecule has 0 radical (unpaired) electrons. The van der Waals surface area contributed by atoms with Gasteiger partial charge in [0, 0.05) is 24.5 Å². The molecule has 2 aromatic rings. The average Bonchev–Trinajstić information content (AvgIpc) is 2.87. The molecular formula is C27H48Br4N8. The Morgan fingerprint density at radius 1 is 0.487 bits per heavy atom. The molecule has 0 heterocycles. The molecule has 0 aliphatic heterocycles. The van der Waals surface area contributed by atoms with Crippen molar-refractivity contribution in [2.24, 2.45) is 21.5 Å². The summed E-state index contributed by atoms with van der Waals surface area (Å²) in [5.74, 6) is 0.944. The second kappa shape index (κ2) is 29.8. The number of rotatable bonds is 18. The molecule has 0 amide bonds. The zero-order valence-corrected chi connectivity index (χ0v) is 29.5. The topological polar surface area (TPSA) is 125 Å². The van der Waals surface area contributed by atoms with Crippen molar-refractivity contribution in [2.45, 2.75) is 44.9 Å². The van der Waals surface area contributed by atoms with E-state index >= 15 is 0 Å². The quantitative estimate of drug-likeness (QED) is 0.0619. The number of guanidine groups is 2. The Bertz CT molecular complexity index is 773. The number of para-hydroxylation sites is 2. The van der Waals surface area contributed by atoms with Gasteiger partial charge < -0.3 is 32.7 Å². The Kier molecular flexibility index (Phi) is 32.3. The van der Waals surface area contributed by atoms with E-state index < -0.39 is 0 Å². The number of anilines is 2. The summed E-state index contributed by atoms with van der Waals surface area (Å²) in [7, 11) is 0. The van der Waals surface area contributed by atoms with Crippen molar-refractivity contribution >= 4 is 91.2 Å². The smallest absolute Gasteiger partial charge is 0.193 e. The highest BCUT2D eigenvalue weighted by atomic mass is 79.9. The first-order valence-electron chi connectivity index (χ1n) is 12.9. The molecule has 0 bridgehead atoms. The molecule has 0 aromatic heterocycles. The number of nitrogens with one attached hydrogen (secondary N) is 4. The monoisotopic (exact) mass is 800 g/mol. The van der Waals surface area contributed by atoms with Crippen molar-refractivity contribution < 1.29 is 0 Å². The third-order valence-corrected chi connectivity index (χ3v) is 5.39. The highest BCUT2D eigenvalue weighted by molar-refractivity contribution is 8.93. The number of unbranched alkanes of at least 4 members (excludes halogenated alkanes) is 4. The number of nitrogens with zero attached hydrogens (tertiary/aromatic N) is 2. The van der Waals surface area contributed by atoms with Crippen molar-refractivity contribution in [3.8, 4) is 0 Å². The van der Waals surface area contributed by atoms with Crippen LogP contribution in [0.1, 0.15) is 44.9 Å². The summed E-state index contributed by atoms with van der Waals surface area (Å²) in [6.07, 6.45) is 8.29. The lowest BCUT2D eigenvalue weighted by Crippen LogP contribution is -2.23. The highest BCUT2D eigenvalue weighted by Crippen LogP contribution is 2.05. The Balaban J connectivity index is -0.00000324. The van der Waals surface area contributed by atoms with Gasteiger partial charge in [-0.1, -0.05) is 55.7 Å². The Labute approximate surface area is 277 Å². The van der Waals surface area contributed by atoms with Crippen LogP contribution in [0.3, 0.4) is 0 Å². The van der Waals surface area contributed by atoms with Gasteiger partial charge in [0.25, 0.3) is 0 Å². The number of benzene rings is 2. The third-order valence-electron chi connectivity index (χ3n) is 5.39. The first-order valence-corrected chi connectivity index (χ1v) is 12.9. The lowest BCUT2D eigenvalue weighted by Gasteiger charge is -2.07. The molecule has 0 spiro atoms. The van der Waals surface area contributed by atoms with E-state index in [2.05, 4.69) is 31.3 Å². The molecule has 12 heteroatoms. The van der Waals surface area contributed by atoms with Crippen LogP contribution in [0.2, 0.25) is 0 Å². The summed E-state index contributed by atoms with van der Waals surface area (Å²) >= 11 is 0. The summed E-state index contributed by atoms with van der Waals surface area (Å²) in [6, 6.07) is 19.7. The van der Waals surface area contributed by atoms with Gasteiger partial charge in [-0.2, -0.15) is 0 Å². The molecule has 224 valence electrons. The lowest BCUT2D eigenvalue weighted by atomic mass is 10.1. The van der Waals surface area contributed by atoms with Crippen molar-refractivity contribution in [3.05, 3.63) is 60.7 Å². The van der Waals surface area contributed by atoms with E-state index in [-0.39, 0.29) is 67.9 Å². The zero-order chi connectivity index (χ0) is 24.8. The van der Waals surface area contributed by atoms with Crippen LogP contribution in [0.4, 0.5) is 11.4 Å². The van der Waals surface area contributed by atoms with Crippen LogP contribution in [0, 0.1) is 0 Å². The third kappa shape index (κ3) is 24.3. The van der Waals surface area contributed by atoms with Crippen LogP contribution in [-0.4, -0.2) is 51.2 Å². The van der Waals surface area contributed by atoms with Gasteiger partial charge in [0.15, 0.2) is 11.9 Å². The predicted octanol–water partition coefficient (Wildman–Crippen LogP) is 6.06. The van der Waals surface area contributed by atoms with Crippen LogP contribution in [0.25, 0.3) is 0 Å². The first-order chi connectivity index (χ1) is 17.2. The molecule has 0 fully saturated rings. The van der Waals surface area contributed by atoms with Gasteiger partial charge in [-0.3, -0.25) is 9.98 Å². The number of halogens is 4. The molecule has 0 unspecified atom stereocenters. The molecule has 0 saturated carbocycles. The van der Waals surface area contributed by atoms with E-state index in [9.17, 15) is 0 Å². The molecule has 2 rings (SSSR count). The Hall–Kier alpha value is -1.18. The minimum Gasteiger partial charge on any atom is -0.370 e. The molecule has 8 nitrogen and oxygen atoms in total. The maximum atomic E-state index is 5.90. The molecule has 0 aliphatic rings. The number of nitrogens with two attached hydrogens (primary N) is 2. The predicted molar refractivity (Wildman–Crippen MR) is 192 cm³/mol. The summed E-state index contributed by atoms with van der Waals surface area (Å²) < 4.78 is 0. The van der Waals surface area contributed by atoms with Gasteiger partial charge >= 0.3 is 0 Å². The number of hydrogen-bond acceptors (Lipinski definition) is 4. The number of hydrogen-bond donors (Lipinski definition) is 6. The van der Waals surface area contributed by atoms with Gasteiger partial charge in [-0.05, 0) is 76.1 Å². The summed E-state index contributed by atoms with van der Waals surface area (Å²) in [4.78, 5) is 8.73. The number of aliphatic imine (C=N–C) groups is 2. The van der Waals surface area contributed by atoms with Crippen molar-refractivity contribution in [2.75, 3.05) is 49.9 Å². The summed E-state index contributed by atoms with van der Waals surface area (Å²) in [5.41, 5.74) is 13.7. The average molecular weight is 804 g/mol. The molecule has 39 heavy (non-hydrogen) atoms. The molecular weight excluding hydrogens is 756 g/mol. The van der Waals surface area contributed by atoms with E-state index in [4.69, 9.17) is 11.5 Å². The molecule has 2 aromatic carbocycles. The van der Waals surface area contributed by atoms with E-state index in [1.165, 1.54) is 32.1 Å². The van der Waals surface area contributed by atoms with Crippen molar-refractivity contribution in [3.63, 3.8) is 0 Å². The fraction of sp³-hybridized carbons (Fsp3) is 0.481. The lowest BCUT2D eigenvalue weighted by molar-refractivity contribution is 0.550. The zero-order valence-electron chi connectivity index (χ0n) is 22.6. The van der Waals surface area contributed by atoms with E-state index in [0.717, 1.165) is 63.5 Å². The van der Waals surface area contributed by atoms with Crippen molar-refractivity contribution in [1.29, 1.82) is 0 Å². The maximum Gasteiger partial charge on any atom is 0.193 e. The minimum absolute atomic E-state index is 0. The molecule has 8 N–H and O–H groups in total. The SMILES string of the molecule is Br.Br.Br.Br.NC(=NCCCNCCCCCCCNCCCN=C(N)Nc1ccccc1)Nc1ccccc1. The standard InChI is InChI=1S/C27H44N8.4BrH/c28-26(34-24-14-6-4-7-15-24)32-22-12-20-30-18-10-2-1-3-11-19-31-21-13-23-33-27(29)35-25-16-8-5-9-17-25;;;;/h4-9,14-17,30-31H,1-3,10-13,18-23H2,(H3,28,32,34)(H3,29,33,35);4*1H. The van der Waals surface area contributed by atoms with Gasteiger partial charge in [0.1, 0.15) is 0 Å². The fourth-order valence-corrected chi connectivity index (χ4v) is 3.51. The summed E-state index contributed by atoms with van der Waals surface area (Å²) in [6.45, 7) is 5.56. The normalized spacial score (nSPS) is 10.8. The molecule has 0 saturated heterocycles. The van der Waals surface area contributed by atoms with E-state index in [0.29, 0.717) is 11.9 Å². The van der Waals surface area contributed by atoms with Crippen LogP contribution >= 0.6 is 67.9 Å². The van der Waals surface area contributed by atoms with Gasteiger partial charge in [0.2, 0.25) is 0 Å². The van der Waals surface area contributed by atoms with Crippen LogP contribution in [-0.2, 0) is 0 Å². The first kappa shape index (κ1) is 42.3. The largest absolute Gasteiger partial charge is 0.370 e. The Morgan fingerprint density at radius 2 is 0.821 bits per heavy atom. The second-order valence-corrected chi connectivity index (χ2v) is 8.49. The Morgan fingerprint density at radius 3 is 1.21 bits per heavy atom. The van der Waals surface area contributed by atoms with Crippen LogP contribution in [0.15, 0.2) is 70.6 Å². The summed E-state index contributed by atoms with van der Waals surface area (Å²) in [5, 5.41) is 13.2. The highest BCUT2D eigenvalue weighted by Gasteiger charge is 1.96. The van der Waals surface area contributed by atoms with Crippen molar-refractivity contribution in [1.82, 2.24) is 10.6 Å². The molecule has 0 atom stereocenters. The molecule has 0 aliphatic carbocycles. The van der Waals surface area contributed by atoms with Crippen LogP contribution < -0.4 is 32.7 Å². The second-order valence-electron chi connectivity index (χ2n) is 8.49.